The number of rotatable bonds is 4. The van der Waals surface area contributed by atoms with Crippen molar-refractivity contribution in [2.45, 2.75) is 12.5 Å². The number of nitriles is 1. The zero-order chi connectivity index (χ0) is 18.0. The summed E-state index contributed by atoms with van der Waals surface area (Å²) in [6.45, 7) is 0. The highest BCUT2D eigenvalue weighted by Gasteiger charge is 2.28. The number of anilines is 1. The molecule has 0 aliphatic carbocycles. The topological polar surface area (TPSA) is 126 Å². The van der Waals surface area contributed by atoms with Gasteiger partial charge in [0.05, 0.1) is 27.3 Å². The SMILES string of the molecule is N#C[C@H]1CC(c2ccc([N+](=O)[O-])cc2)=NN1c1ccc([N+](=O)[O-])cc1. The lowest BCUT2D eigenvalue weighted by Gasteiger charge is -2.17. The van der Waals surface area contributed by atoms with Crippen LogP contribution >= 0.6 is 0 Å². The molecule has 0 bridgehead atoms. The molecule has 3 rings (SSSR count). The van der Waals surface area contributed by atoms with Crippen molar-refractivity contribution in [2.24, 2.45) is 5.10 Å². The Hall–Kier alpha value is -3.80. The minimum atomic E-state index is -0.549. The highest BCUT2D eigenvalue weighted by molar-refractivity contribution is 6.03. The van der Waals surface area contributed by atoms with E-state index in [0.29, 0.717) is 23.4 Å². The molecule has 1 heterocycles. The van der Waals surface area contributed by atoms with E-state index in [1.54, 1.807) is 12.1 Å². The van der Waals surface area contributed by atoms with Gasteiger partial charge in [-0.15, -0.1) is 0 Å². The zero-order valence-corrected chi connectivity index (χ0v) is 12.8. The Balaban J connectivity index is 1.90. The normalized spacial score (nSPS) is 16.2. The number of hydrazone groups is 1. The van der Waals surface area contributed by atoms with Gasteiger partial charge in [0.25, 0.3) is 11.4 Å². The van der Waals surface area contributed by atoms with Gasteiger partial charge in [-0.1, -0.05) is 0 Å². The van der Waals surface area contributed by atoms with Gasteiger partial charge >= 0.3 is 0 Å². The van der Waals surface area contributed by atoms with E-state index >= 15 is 0 Å². The number of nitro groups is 2. The first-order valence-electron chi connectivity index (χ1n) is 7.25. The lowest BCUT2D eigenvalue weighted by molar-refractivity contribution is -0.385. The van der Waals surface area contributed by atoms with Crippen molar-refractivity contribution in [3.8, 4) is 6.07 Å². The molecule has 2 aromatic rings. The third kappa shape index (κ3) is 3.13. The Morgan fingerprint density at radius 3 is 2.00 bits per heavy atom. The van der Waals surface area contributed by atoms with E-state index in [4.69, 9.17) is 0 Å². The van der Waals surface area contributed by atoms with Crippen LogP contribution in [0.3, 0.4) is 0 Å². The summed E-state index contributed by atoms with van der Waals surface area (Å²) in [5.41, 5.74) is 1.81. The van der Waals surface area contributed by atoms with Gasteiger partial charge in [-0.05, 0) is 29.8 Å². The Morgan fingerprint density at radius 2 is 1.52 bits per heavy atom. The molecule has 0 amide bonds. The van der Waals surface area contributed by atoms with E-state index in [2.05, 4.69) is 11.2 Å². The Morgan fingerprint density at radius 1 is 1.00 bits per heavy atom. The molecule has 0 N–H and O–H groups in total. The van der Waals surface area contributed by atoms with Gasteiger partial charge < -0.3 is 0 Å². The van der Waals surface area contributed by atoms with Crippen LogP contribution in [-0.4, -0.2) is 21.6 Å². The number of benzene rings is 2. The zero-order valence-electron chi connectivity index (χ0n) is 12.8. The third-order valence-corrected chi connectivity index (χ3v) is 3.80. The van der Waals surface area contributed by atoms with E-state index in [1.807, 2.05) is 0 Å². The number of non-ortho nitro benzene ring substituents is 2. The lowest BCUT2D eigenvalue weighted by atomic mass is 10.0. The summed E-state index contributed by atoms with van der Waals surface area (Å²) in [5, 5.41) is 36.7. The molecule has 0 radical (unpaired) electrons. The van der Waals surface area contributed by atoms with Gasteiger partial charge in [-0.2, -0.15) is 10.4 Å². The third-order valence-electron chi connectivity index (χ3n) is 3.80. The molecule has 9 heteroatoms. The quantitative estimate of drug-likeness (QED) is 0.623. The van der Waals surface area contributed by atoms with Crippen molar-refractivity contribution in [3.63, 3.8) is 0 Å². The highest BCUT2D eigenvalue weighted by Crippen LogP contribution is 2.28. The van der Waals surface area contributed by atoms with Crippen molar-refractivity contribution in [1.29, 1.82) is 5.26 Å². The molecule has 9 nitrogen and oxygen atoms in total. The van der Waals surface area contributed by atoms with E-state index in [1.165, 1.54) is 41.4 Å². The molecule has 0 aromatic heterocycles. The fourth-order valence-electron chi connectivity index (χ4n) is 2.53. The molecular formula is C16H11N5O4. The second kappa shape index (κ2) is 6.37. The molecule has 2 aromatic carbocycles. The molecule has 124 valence electrons. The first-order chi connectivity index (χ1) is 12.0. The Labute approximate surface area is 141 Å². The largest absolute Gasteiger partial charge is 0.269 e. The summed E-state index contributed by atoms with van der Waals surface area (Å²) >= 11 is 0. The molecule has 0 unspecified atom stereocenters. The minimum absolute atomic E-state index is 0.0218. The van der Waals surface area contributed by atoms with Crippen LogP contribution < -0.4 is 5.01 Å². The van der Waals surface area contributed by atoms with Gasteiger partial charge in [-0.3, -0.25) is 20.2 Å². The van der Waals surface area contributed by atoms with Crippen LogP contribution in [0.25, 0.3) is 0 Å². The second-order valence-electron chi connectivity index (χ2n) is 5.32. The number of hydrogen-bond acceptors (Lipinski definition) is 7. The summed E-state index contributed by atoms with van der Waals surface area (Å²) in [7, 11) is 0. The molecular weight excluding hydrogens is 326 g/mol. The van der Waals surface area contributed by atoms with Crippen LogP contribution in [0, 0.1) is 31.6 Å². The summed E-state index contributed by atoms with van der Waals surface area (Å²) in [6.07, 6.45) is 0.352. The van der Waals surface area contributed by atoms with E-state index in [9.17, 15) is 25.5 Å². The van der Waals surface area contributed by atoms with E-state index in [0.717, 1.165) is 0 Å². The van der Waals surface area contributed by atoms with Crippen molar-refractivity contribution in [3.05, 3.63) is 74.3 Å². The van der Waals surface area contributed by atoms with Crippen molar-refractivity contribution in [2.75, 3.05) is 5.01 Å². The molecule has 0 spiro atoms. The average molecular weight is 337 g/mol. The number of hydrogen-bond donors (Lipinski definition) is 0. The van der Waals surface area contributed by atoms with E-state index in [-0.39, 0.29) is 11.4 Å². The van der Waals surface area contributed by atoms with Crippen molar-refractivity contribution in [1.82, 2.24) is 0 Å². The minimum Gasteiger partial charge on any atom is -0.258 e. The lowest BCUT2D eigenvalue weighted by Crippen LogP contribution is -2.24. The standard InChI is InChI=1S/C16H11N5O4/c17-10-15-9-16(11-1-3-13(4-2-11)20(22)23)18-19(15)12-5-7-14(8-6-12)21(24)25/h1-8,15H,9H2/t15-/m1/s1. The van der Waals surface area contributed by atoms with Gasteiger partial charge in [0.15, 0.2) is 0 Å². The van der Waals surface area contributed by atoms with Gasteiger partial charge in [0.1, 0.15) is 6.04 Å². The second-order valence-corrected chi connectivity index (χ2v) is 5.32. The average Bonchev–Trinajstić information content (AvgIpc) is 3.06. The van der Waals surface area contributed by atoms with Crippen LogP contribution in [-0.2, 0) is 0 Å². The summed E-state index contributed by atoms with van der Waals surface area (Å²) in [5.74, 6) is 0. The van der Waals surface area contributed by atoms with Crippen LogP contribution in [0.4, 0.5) is 17.1 Å². The Bertz CT molecular complexity index is 900. The molecule has 1 aliphatic rings. The van der Waals surface area contributed by atoms with Gasteiger partial charge in [0, 0.05) is 30.7 Å². The molecule has 25 heavy (non-hydrogen) atoms. The van der Waals surface area contributed by atoms with Crippen LogP contribution in [0.2, 0.25) is 0 Å². The molecule has 0 fully saturated rings. The molecule has 1 aliphatic heterocycles. The Kier molecular flexibility index (Phi) is 4.09. The number of nitro benzene ring substituents is 2. The molecule has 0 saturated heterocycles. The van der Waals surface area contributed by atoms with Crippen molar-refractivity contribution < 1.29 is 9.85 Å². The predicted molar refractivity (Wildman–Crippen MR) is 89.2 cm³/mol. The monoisotopic (exact) mass is 337 g/mol. The summed E-state index contributed by atoms with van der Waals surface area (Å²) < 4.78 is 0. The smallest absolute Gasteiger partial charge is 0.258 e. The fraction of sp³-hybridized carbons (Fsp3) is 0.125. The predicted octanol–water partition coefficient (Wildman–Crippen LogP) is 3.01. The van der Waals surface area contributed by atoms with Crippen LogP contribution in [0.15, 0.2) is 53.6 Å². The van der Waals surface area contributed by atoms with Gasteiger partial charge in [-0.25, -0.2) is 5.01 Å². The maximum Gasteiger partial charge on any atom is 0.269 e. The van der Waals surface area contributed by atoms with Crippen molar-refractivity contribution >= 4 is 22.8 Å². The molecule has 0 saturated carbocycles. The number of nitrogens with zero attached hydrogens (tertiary/aromatic N) is 5. The highest BCUT2D eigenvalue weighted by atomic mass is 16.6. The fourth-order valence-corrected chi connectivity index (χ4v) is 2.53. The maximum atomic E-state index is 10.7. The van der Waals surface area contributed by atoms with Crippen LogP contribution in [0.5, 0.6) is 0 Å². The summed E-state index contributed by atoms with van der Waals surface area (Å²) in [4.78, 5) is 20.5. The summed E-state index contributed by atoms with van der Waals surface area (Å²) in [6, 6.07) is 13.3. The maximum absolute atomic E-state index is 10.7. The van der Waals surface area contributed by atoms with Gasteiger partial charge in [0.2, 0.25) is 0 Å². The first kappa shape index (κ1) is 16.1. The first-order valence-corrected chi connectivity index (χ1v) is 7.25. The molecule has 1 atom stereocenters. The van der Waals surface area contributed by atoms with Crippen LogP contribution in [0.1, 0.15) is 12.0 Å². The van der Waals surface area contributed by atoms with E-state index < -0.39 is 15.9 Å².